The van der Waals surface area contributed by atoms with E-state index in [2.05, 4.69) is 15.3 Å². The van der Waals surface area contributed by atoms with E-state index in [1.165, 1.54) is 0 Å². The lowest BCUT2D eigenvalue weighted by Gasteiger charge is -2.33. The lowest BCUT2D eigenvalue weighted by molar-refractivity contribution is -0.136. The summed E-state index contributed by atoms with van der Waals surface area (Å²) in [6, 6.07) is 7.73. The van der Waals surface area contributed by atoms with Crippen molar-refractivity contribution in [1.29, 1.82) is 0 Å². The molecule has 1 unspecified atom stereocenters. The number of hydrogen-bond donors (Lipinski definition) is 0. The number of rotatable bonds is 5. The van der Waals surface area contributed by atoms with Crippen LogP contribution >= 0.6 is 11.3 Å². The predicted octanol–water partition coefficient (Wildman–Crippen LogP) is 4.12. The van der Waals surface area contributed by atoms with Gasteiger partial charge in [-0.2, -0.15) is 0 Å². The molecule has 1 aliphatic heterocycles. The summed E-state index contributed by atoms with van der Waals surface area (Å²) in [7, 11) is -0.995. The van der Waals surface area contributed by atoms with Gasteiger partial charge in [-0.15, -0.1) is 11.3 Å². The third kappa shape index (κ3) is 4.25. The number of amides is 1. The molecule has 0 radical (unpaired) electrons. The van der Waals surface area contributed by atoms with E-state index in [-0.39, 0.29) is 17.9 Å². The first-order valence-electron chi connectivity index (χ1n) is 10.1. The number of aromatic nitrogens is 2. The third-order valence-corrected chi connectivity index (χ3v) is 7.24. The highest BCUT2D eigenvalue weighted by atomic mass is 32.2. The van der Waals surface area contributed by atoms with E-state index in [1.54, 1.807) is 23.9 Å². The standard InChI is InChI=1S/C22H25N3O3S2/c1-14(2)22(26)25-10-8-16(9-11-25)28-21-20-19(23-13-24-21)18(12-29-20)15-4-6-17(7-5-15)30(3)27/h4-7,12-14,16H,8-11H2,1-3H3. The number of thiophene rings is 1. The van der Waals surface area contributed by atoms with Gasteiger partial charge in [0.05, 0.1) is 5.52 Å². The molecule has 2 aromatic heterocycles. The lowest BCUT2D eigenvalue weighted by atomic mass is 10.1. The molecular weight excluding hydrogens is 418 g/mol. The van der Waals surface area contributed by atoms with Crippen LogP contribution in [0.3, 0.4) is 0 Å². The van der Waals surface area contributed by atoms with Crippen molar-refractivity contribution in [2.45, 2.75) is 37.7 Å². The Bertz CT molecular complexity index is 1070. The molecule has 0 aliphatic carbocycles. The summed E-state index contributed by atoms with van der Waals surface area (Å²) in [6.45, 7) is 5.31. The minimum Gasteiger partial charge on any atom is -0.473 e. The van der Waals surface area contributed by atoms with Crippen molar-refractivity contribution in [3.05, 3.63) is 36.0 Å². The Kier molecular flexibility index (Phi) is 6.15. The molecule has 0 saturated carbocycles. The number of carbonyl (C=O) groups excluding carboxylic acids is 1. The number of piperidine rings is 1. The maximum Gasteiger partial charge on any atom is 0.235 e. The van der Waals surface area contributed by atoms with E-state index in [9.17, 15) is 9.00 Å². The minimum absolute atomic E-state index is 0.0277. The molecule has 8 heteroatoms. The molecule has 0 bridgehead atoms. The van der Waals surface area contributed by atoms with Gasteiger partial charge < -0.3 is 9.64 Å². The first-order chi connectivity index (χ1) is 14.4. The van der Waals surface area contributed by atoms with E-state index in [4.69, 9.17) is 4.74 Å². The van der Waals surface area contributed by atoms with Crippen LogP contribution in [0.15, 0.2) is 40.9 Å². The van der Waals surface area contributed by atoms with Gasteiger partial charge in [0.1, 0.15) is 17.1 Å². The molecule has 30 heavy (non-hydrogen) atoms. The molecule has 0 spiro atoms. The van der Waals surface area contributed by atoms with Crippen LogP contribution in [0.4, 0.5) is 0 Å². The SMILES string of the molecule is CC(C)C(=O)N1CCC(Oc2ncnc3c(-c4ccc(S(C)=O)cc4)csc23)CC1. The second-order valence-electron chi connectivity index (χ2n) is 7.78. The van der Waals surface area contributed by atoms with Gasteiger partial charge >= 0.3 is 0 Å². The monoisotopic (exact) mass is 443 g/mol. The highest BCUT2D eigenvalue weighted by molar-refractivity contribution is 7.84. The third-order valence-electron chi connectivity index (χ3n) is 5.34. The summed E-state index contributed by atoms with van der Waals surface area (Å²) < 4.78 is 18.8. The predicted molar refractivity (Wildman–Crippen MR) is 120 cm³/mol. The van der Waals surface area contributed by atoms with Crippen molar-refractivity contribution >= 4 is 38.3 Å². The zero-order valence-electron chi connectivity index (χ0n) is 17.3. The molecule has 1 fully saturated rings. The van der Waals surface area contributed by atoms with E-state index < -0.39 is 10.8 Å². The van der Waals surface area contributed by atoms with Crippen LogP contribution in [-0.4, -0.2) is 50.4 Å². The molecule has 4 rings (SSSR count). The molecule has 0 N–H and O–H groups in total. The van der Waals surface area contributed by atoms with Crippen LogP contribution in [0.25, 0.3) is 21.3 Å². The van der Waals surface area contributed by atoms with Crippen LogP contribution in [0, 0.1) is 5.92 Å². The van der Waals surface area contributed by atoms with Gasteiger partial charge in [0.25, 0.3) is 0 Å². The molecule has 3 aromatic rings. The number of carbonyl (C=O) groups is 1. The van der Waals surface area contributed by atoms with Gasteiger partial charge in [-0.05, 0) is 17.7 Å². The Morgan fingerprint density at radius 3 is 2.53 bits per heavy atom. The number of benzene rings is 1. The van der Waals surface area contributed by atoms with Crippen LogP contribution in [0.5, 0.6) is 5.88 Å². The number of ether oxygens (including phenoxy) is 1. The largest absolute Gasteiger partial charge is 0.473 e. The maximum atomic E-state index is 12.2. The fraction of sp³-hybridized carbons (Fsp3) is 0.409. The van der Waals surface area contributed by atoms with Gasteiger partial charge in [0.2, 0.25) is 11.8 Å². The molecule has 1 saturated heterocycles. The zero-order valence-corrected chi connectivity index (χ0v) is 19.0. The van der Waals surface area contributed by atoms with E-state index in [0.29, 0.717) is 5.88 Å². The molecule has 158 valence electrons. The fourth-order valence-corrected chi connectivity index (χ4v) is 5.14. The average Bonchev–Trinajstić information content (AvgIpc) is 3.19. The minimum atomic E-state index is -0.995. The summed E-state index contributed by atoms with van der Waals surface area (Å²) in [5, 5.41) is 2.06. The van der Waals surface area contributed by atoms with Crippen LogP contribution in [-0.2, 0) is 15.6 Å². The Hall–Kier alpha value is -2.32. The number of likely N-dealkylation sites (tertiary alicyclic amines) is 1. The van der Waals surface area contributed by atoms with Gasteiger partial charge in [-0.25, -0.2) is 9.97 Å². The first-order valence-corrected chi connectivity index (χ1v) is 12.5. The number of fused-ring (bicyclic) bond motifs is 1. The quantitative estimate of drug-likeness (QED) is 0.593. The van der Waals surface area contributed by atoms with Crippen molar-refractivity contribution in [3.63, 3.8) is 0 Å². The van der Waals surface area contributed by atoms with Crippen molar-refractivity contribution in [2.75, 3.05) is 19.3 Å². The highest BCUT2D eigenvalue weighted by Gasteiger charge is 2.26. The number of nitrogens with zero attached hydrogens (tertiary/aromatic N) is 3. The summed E-state index contributed by atoms with van der Waals surface area (Å²) in [6.07, 6.45) is 4.87. The molecule has 1 amide bonds. The van der Waals surface area contributed by atoms with Crippen molar-refractivity contribution in [2.24, 2.45) is 5.92 Å². The molecule has 1 aliphatic rings. The lowest BCUT2D eigenvalue weighted by Crippen LogP contribution is -2.43. The Morgan fingerprint density at radius 1 is 1.20 bits per heavy atom. The molecule has 1 aromatic carbocycles. The van der Waals surface area contributed by atoms with Gasteiger partial charge in [-0.1, -0.05) is 26.0 Å². The zero-order chi connectivity index (χ0) is 21.3. The van der Waals surface area contributed by atoms with Gasteiger partial charge in [0.15, 0.2) is 0 Å². The molecule has 6 nitrogen and oxygen atoms in total. The smallest absolute Gasteiger partial charge is 0.235 e. The van der Waals surface area contributed by atoms with E-state index in [0.717, 1.165) is 52.2 Å². The van der Waals surface area contributed by atoms with E-state index in [1.807, 2.05) is 43.0 Å². The average molecular weight is 444 g/mol. The Morgan fingerprint density at radius 2 is 1.90 bits per heavy atom. The molecule has 3 heterocycles. The highest BCUT2D eigenvalue weighted by Crippen LogP contribution is 2.37. The topological polar surface area (TPSA) is 72.4 Å². The first kappa shape index (κ1) is 20.9. The Labute approximate surface area is 182 Å². The molecule has 1 atom stereocenters. The van der Waals surface area contributed by atoms with E-state index >= 15 is 0 Å². The fourth-order valence-electron chi connectivity index (χ4n) is 3.66. The van der Waals surface area contributed by atoms with Gasteiger partial charge in [-0.3, -0.25) is 9.00 Å². The summed E-state index contributed by atoms with van der Waals surface area (Å²) in [4.78, 5) is 23.8. The van der Waals surface area contributed by atoms with Crippen LogP contribution in [0.1, 0.15) is 26.7 Å². The number of hydrogen-bond acceptors (Lipinski definition) is 6. The molecular formula is C22H25N3O3S2. The summed E-state index contributed by atoms with van der Waals surface area (Å²) >= 11 is 1.57. The van der Waals surface area contributed by atoms with Crippen LogP contribution < -0.4 is 4.74 Å². The van der Waals surface area contributed by atoms with Crippen LogP contribution in [0.2, 0.25) is 0 Å². The maximum absolute atomic E-state index is 12.2. The van der Waals surface area contributed by atoms with Crippen molar-refractivity contribution in [3.8, 4) is 17.0 Å². The Balaban J connectivity index is 1.51. The van der Waals surface area contributed by atoms with Crippen molar-refractivity contribution < 1.29 is 13.7 Å². The normalized spacial score (nSPS) is 16.2. The second kappa shape index (κ2) is 8.81. The van der Waals surface area contributed by atoms with Gasteiger partial charge in [0, 0.05) is 64.7 Å². The summed E-state index contributed by atoms with van der Waals surface area (Å²) in [5.41, 5.74) is 2.91. The van der Waals surface area contributed by atoms with Crippen molar-refractivity contribution in [1.82, 2.24) is 14.9 Å². The second-order valence-corrected chi connectivity index (χ2v) is 10.0. The summed E-state index contributed by atoms with van der Waals surface area (Å²) in [5.74, 6) is 0.842.